The lowest BCUT2D eigenvalue weighted by Crippen LogP contribution is -2.34. The van der Waals surface area contributed by atoms with E-state index in [-0.39, 0.29) is 22.7 Å². The van der Waals surface area contributed by atoms with Gasteiger partial charge in [-0.2, -0.15) is 4.31 Å². The zero-order valence-electron chi connectivity index (χ0n) is 11.0. The van der Waals surface area contributed by atoms with E-state index in [2.05, 4.69) is 15.9 Å². The van der Waals surface area contributed by atoms with E-state index in [1.54, 1.807) is 18.2 Å². The molecule has 1 aliphatic heterocycles. The van der Waals surface area contributed by atoms with Gasteiger partial charge in [0.25, 0.3) is 0 Å². The van der Waals surface area contributed by atoms with E-state index >= 15 is 0 Å². The molecule has 1 unspecified atom stereocenters. The molecule has 0 amide bonds. The van der Waals surface area contributed by atoms with Crippen LogP contribution in [0.15, 0.2) is 27.6 Å². The molecule has 0 bridgehead atoms. The fourth-order valence-corrected chi connectivity index (χ4v) is 4.96. The summed E-state index contributed by atoms with van der Waals surface area (Å²) < 4.78 is 27.1. The van der Waals surface area contributed by atoms with Crippen LogP contribution in [-0.2, 0) is 10.0 Å². The first-order valence-corrected chi connectivity index (χ1v) is 8.55. The smallest absolute Gasteiger partial charge is 0.244 e. The van der Waals surface area contributed by atoms with Gasteiger partial charge in [0.1, 0.15) is 0 Å². The van der Waals surface area contributed by atoms with Crippen molar-refractivity contribution >= 4 is 50.0 Å². The van der Waals surface area contributed by atoms with Gasteiger partial charge in [-0.1, -0.05) is 24.6 Å². The van der Waals surface area contributed by atoms with Crippen LogP contribution in [-0.4, -0.2) is 32.4 Å². The Labute approximate surface area is 139 Å². The van der Waals surface area contributed by atoms with Crippen molar-refractivity contribution in [2.24, 2.45) is 11.1 Å². The number of nitrogens with zero attached hydrogens (tertiary/aromatic N) is 1. The molecule has 1 aromatic carbocycles. The number of hydrogen-bond donors (Lipinski definition) is 1. The zero-order chi connectivity index (χ0) is 14.3. The molecule has 8 heteroatoms. The van der Waals surface area contributed by atoms with Gasteiger partial charge >= 0.3 is 0 Å². The summed E-state index contributed by atoms with van der Waals surface area (Å²) in [6, 6.07) is 4.85. The maximum absolute atomic E-state index is 12.6. The van der Waals surface area contributed by atoms with Gasteiger partial charge in [-0.15, -0.1) is 12.4 Å². The average Bonchev–Trinajstić information content (AvgIpc) is 2.77. The molecule has 0 radical (unpaired) electrons. The molecule has 1 aromatic rings. The highest BCUT2D eigenvalue weighted by molar-refractivity contribution is 9.10. The Bertz CT molecular complexity index is 597. The predicted octanol–water partition coefficient (Wildman–Crippen LogP) is 2.88. The predicted molar refractivity (Wildman–Crippen MR) is 86.9 cm³/mol. The quantitative estimate of drug-likeness (QED) is 0.843. The Balaban J connectivity index is 0.00000200. The van der Waals surface area contributed by atoms with E-state index in [1.807, 2.05) is 6.92 Å². The minimum atomic E-state index is -3.53. The molecule has 0 saturated carbocycles. The van der Waals surface area contributed by atoms with Crippen molar-refractivity contribution in [2.45, 2.75) is 18.2 Å². The molecular weight excluding hydrogens is 387 g/mol. The second kappa shape index (κ2) is 6.50. The molecule has 20 heavy (non-hydrogen) atoms. The fraction of sp³-hybridized carbons (Fsp3) is 0.500. The summed E-state index contributed by atoms with van der Waals surface area (Å²) in [5.41, 5.74) is 5.57. The van der Waals surface area contributed by atoms with Crippen LogP contribution in [0.3, 0.4) is 0 Å². The van der Waals surface area contributed by atoms with E-state index in [4.69, 9.17) is 17.3 Å². The summed E-state index contributed by atoms with van der Waals surface area (Å²) in [6.07, 6.45) is 0.779. The standard InChI is InChI=1S/C12H16BrClN2O2S.ClH/c1-12(7-15)5-6-16(8-12)19(17,18)10-4-2-3-9(14)11(10)13;/h2-4H,5-8,15H2,1H3;1H. The summed E-state index contributed by atoms with van der Waals surface area (Å²) >= 11 is 9.21. The van der Waals surface area contributed by atoms with E-state index in [0.717, 1.165) is 6.42 Å². The van der Waals surface area contributed by atoms with Crippen molar-refractivity contribution in [3.8, 4) is 0 Å². The SMILES string of the molecule is CC1(CN)CCN(S(=O)(=O)c2cccc(Cl)c2Br)C1.Cl. The highest BCUT2D eigenvalue weighted by atomic mass is 79.9. The number of benzene rings is 1. The van der Waals surface area contributed by atoms with E-state index < -0.39 is 10.0 Å². The van der Waals surface area contributed by atoms with Gasteiger partial charge < -0.3 is 5.73 Å². The van der Waals surface area contributed by atoms with Crippen molar-refractivity contribution in [1.29, 1.82) is 0 Å². The molecule has 114 valence electrons. The first kappa shape index (κ1) is 18.2. The molecule has 1 atom stereocenters. The molecule has 0 aliphatic carbocycles. The van der Waals surface area contributed by atoms with Crippen LogP contribution in [0.4, 0.5) is 0 Å². The zero-order valence-corrected chi connectivity index (χ0v) is 14.9. The molecule has 0 aromatic heterocycles. The van der Waals surface area contributed by atoms with Crippen LogP contribution in [0.25, 0.3) is 0 Å². The first-order valence-electron chi connectivity index (χ1n) is 5.94. The third-order valence-electron chi connectivity index (χ3n) is 3.55. The number of hydrogen-bond acceptors (Lipinski definition) is 3. The van der Waals surface area contributed by atoms with Gasteiger partial charge in [-0.05, 0) is 46.4 Å². The Hall–Kier alpha value is 0.150. The van der Waals surface area contributed by atoms with Crippen molar-refractivity contribution in [3.63, 3.8) is 0 Å². The largest absolute Gasteiger partial charge is 0.330 e. The maximum Gasteiger partial charge on any atom is 0.244 e. The normalized spacial score (nSPS) is 23.6. The lowest BCUT2D eigenvalue weighted by molar-refractivity contribution is 0.349. The lowest BCUT2D eigenvalue weighted by atomic mass is 9.90. The average molecular weight is 404 g/mol. The third-order valence-corrected chi connectivity index (χ3v) is 7.10. The molecule has 2 N–H and O–H groups in total. The topological polar surface area (TPSA) is 63.4 Å². The Morgan fingerprint density at radius 1 is 1.50 bits per heavy atom. The monoisotopic (exact) mass is 402 g/mol. The summed E-state index contributed by atoms with van der Waals surface area (Å²) in [7, 11) is -3.53. The molecule has 1 fully saturated rings. The summed E-state index contributed by atoms with van der Waals surface area (Å²) in [6.45, 7) is 3.44. The van der Waals surface area contributed by atoms with Crippen molar-refractivity contribution in [2.75, 3.05) is 19.6 Å². The minimum Gasteiger partial charge on any atom is -0.330 e. The summed E-state index contributed by atoms with van der Waals surface area (Å²) in [5, 5.41) is 0.391. The number of halogens is 3. The van der Waals surface area contributed by atoms with E-state index in [1.165, 1.54) is 4.31 Å². The van der Waals surface area contributed by atoms with Gasteiger partial charge in [0.15, 0.2) is 0 Å². The van der Waals surface area contributed by atoms with Gasteiger partial charge in [0.05, 0.1) is 14.4 Å². The van der Waals surface area contributed by atoms with Crippen molar-refractivity contribution in [3.05, 3.63) is 27.7 Å². The van der Waals surface area contributed by atoms with Crippen LogP contribution in [0.2, 0.25) is 5.02 Å². The number of rotatable bonds is 3. The molecule has 0 spiro atoms. The van der Waals surface area contributed by atoms with Crippen molar-refractivity contribution < 1.29 is 8.42 Å². The van der Waals surface area contributed by atoms with E-state index in [0.29, 0.717) is 29.1 Å². The molecule has 4 nitrogen and oxygen atoms in total. The fourth-order valence-electron chi connectivity index (χ4n) is 2.17. The molecule has 1 heterocycles. The summed E-state index contributed by atoms with van der Waals surface area (Å²) in [4.78, 5) is 0.210. The van der Waals surface area contributed by atoms with Gasteiger partial charge in [0.2, 0.25) is 10.0 Å². The second-order valence-corrected chi connectivity index (χ2v) is 8.26. The number of sulfonamides is 1. The van der Waals surface area contributed by atoms with Crippen LogP contribution in [0.1, 0.15) is 13.3 Å². The summed E-state index contributed by atoms with van der Waals surface area (Å²) in [5.74, 6) is 0. The van der Waals surface area contributed by atoms with Crippen molar-refractivity contribution in [1.82, 2.24) is 4.31 Å². The Morgan fingerprint density at radius 2 is 2.15 bits per heavy atom. The maximum atomic E-state index is 12.6. The van der Waals surface area contributed by atoms with Gasteiger partial charge in [0, 0.05) is 13.1 Å². The third kappa shape index (κ3) is 3.31. The lowest BCUT2D eigenvalue weighted by Gasteiger charge is -2.22. The molecule has 1 saturated heterocycles. The van der Waals surface area contributed by atoms with Crippen LogP contribution < -0.4 is 5.73 Å². The second-order valence-electron chi connectivity index (χ2n) is 5.16. The van der Waals surface area contributed by atoms with Crippen LogP contribution in [0, 0.1) is 5.41 Å². The molecule has 2 rings (SSSR count). The van der Waals surface area contributed by atoms with Gasteiger partial charge in [-0.25, -0.2) is 8.42 Å². The highest BCUT2D eigenvalue weighted by Gasteiger charge is 2.39. The first-order chi connectivity index (χ1) is 8.80. The van der Waals surface area contributed by atoms with Crippen LogP contribution in [0.5, 0.6) is 0 Å². The highest BCUT2D eigenvalue weighted by Crippen LogP contribution is 2.36. The number of nitrogens with two attached hydrogens (primary N) is 1. The molecular formula is C12H17BrCl2N2O2S. The van der Waals surface area contributed by atoms with Crippen LogP contribution >= 0.6 is 39.9 Å². The minimum absolute atomic E-state index is 0. The van der Waals surface area contributed by atoms with E-state index in [9.17, 15) is 8.42 Å². The molecule has 1 aliphatic rings. The Kier molecular flexibility index (Phi) is 5.92. The van der Waals surface area contributed by atoms with Gasteiger partial charge in [-0.3, -0.25) is 0 Å². The Morgan fingerprint density at radius 3 is 2.70 bits per heavy atom.